The van der Waals surface area contributed by atoms with Crippen molar-refractivity contribution in [2.75, 3.05) is 6.61 Å². The molecule has 11 heavy (non-hydrogen) atoms. The van der Waals surface area contributed by atoms with E-state index >= 15 is 0 Å². The number of aliphatic hydroxyl groups is 1. The summed E-state index contributed by atoms with van der Waals surface area (Å²) in [5.74, 6) is 3.97. The van der Waals surface area contributed by atoms with Crippen LogP contribution in [0.4, 0.5) is 0 Å². The third-order valence-corrected chi connectivity index (χ3v) is 1.33. The van der Waals surface area contributed by atoms with Crippen LogP contribution in [0.5, 0.6) is 0 Å². The van der Waals surface area contributed by atoms with Crippen LogP contribution in [0, 0.1) is 17.8 Å². The van der Waals surface area contributed by atoms with Gasteiger partial charge in [-0.3, -0.25) is 4.79 Å². The van der Waals surface area contributed by atoms with Crippen LogP contribution in [0.2, 0.25) is 0 Å². The molecule has 2 N–H and O–H groups in total. The van der Waals surface area contributed by atoms with Crippen molar-refractivity contribution in [3.05, 3.63) is 0 Å². The van der Waals surface area contributed by atoms with E-state index in [2.05, 4.69) is 11.8 Å². The molecule has 0 saturated heterocycles. The highest BCUT2D eigenvalue weighted by atomic mass is 16.4. The largest absolute Gasteiger partial charge is 0.481 e. The van der Waals surface area contributed by atoms with Gasteiger partial charge in [0.2, 0.25) is 0 Å². The van der Waals surface area contributed by atoms with Gasteiger partial charge in [-0.25, -0.2) is 0 Å². The summed E-state index contributed by atoms with van der Waals surface area (Å²) in [7, 11) is 0. The van der Waals surface area contributed by atoms with E-state index in [1.807, 2.05) is 0 Å². The SMILES string of the molecule is CC(CCC#CCO)C(=O)O. The maximum Gasteiger partial charge on any atom is 0.306 e. The monoisotopic (exact) mass is 156 g/mol. The van der Waals surface area contributed by atoms with Crippen LogP contribution in [0.1, 0.15) is 19.8 Å². The highest BCUT2D eigenvalue weighted by molar-refractivity contribution is 5.69. The Morgan fingerprint density at radius 1 is 1.55 bits per heavy atom. The van der Waals surface area contributed by atoms with E-state index in [4.69, 9.17) is 10.2 Å². The second kappa shape index (κ2) is 5.75. The van der Waals surface area contributed by atoms with Gasteiger partial charge in [0.05, 0.1) is 5.92 Å². The lowest BCUT2D eigenvalue weighted by atomic mass is 10.1. The summed E-state index contributed by atoms with van der Waals surface area (Å²) in [6.45, 7) is 1.49. The van der Waals surface area contributed by atoms with Gasteiger partial charge in [-0.2, -0.15) is 0 Å². The molecule has 3 nitrogen and oxygen atoms in total. The lowest BCUT2D eigenvalue weighted by Gasteiger charge is -2.00. The Hall–Kier alpha value is -1.01. The molecule has 0 aromatic rings. The van der Waals surface area contributed by atoms with E-state index in [-0.39, 0.29) is 12.5 Å². The van der Waals surface area contributed by atoms with Gasteiger partial charge < -0.3 is 10.2 Å². The van der Waals surface area contributed by atoms with Gasteiger partial charge >= 0.3 is 5.97 Å². The summed E-state index contributed by atoms with van der Waals surface area (Å²) >= 11 is 0. The third kappa shape index (κ3) is 5.43. The minimum absolute atomic E-state index is 0.151. The van der Waals surface area contributed by atoms with Gasteiger partial charge in [-0.15, -0.1) is 5.92 Å². The van der Waals surface area contributed by atoms with Crippen molar-refractivity contribution >= 4 is 5.97 Å². The Bertz CT molecular complexity index is 176. The molecule has 0 radical (unpaired) electrons. The fourth-order valence-corrected chi connectivity index (χ4v) is 0.556. The summed E-state index contributed by atoms with van der Waals surface area (Å²) in [5.41, 5.74) is 0. The summed E-state index contributed by atoms with van der Waals surface area (Å²) in [4.78, 5) is 10.3. The second-order valence-corrected chi connectivity index (χ2v) is 2.29. The van der Waals surface area contributed by atoms with Crippen LogP contribution < -0.4 is 0 Å². The third-order valence-electron chi connectivity index (χ3n) is 1.33. The van der Waals surface area contributed by atoms with Crippen molar-refractivity contribution in [1.82, 2.24) is 0 Å². The highest BCUT2D eigenvalue weighted by Gasteiger charge is 2.08. The van der Waals surface area contributed by atoms with Crippen LogP contribution in [0.15, 0.2) is 0 Å². The molecule has 0 aromatic heterocycles. The molecule has 0 spiro atoms. The number of aliphatic carboxylic acids is 1. The van der Waals surface area contributed by atoms with Gasteiger partial charge in [0.25, 0.3) is 0 Å². The average Bonchev–Trinajstić information content (AvgIpc) is 1.97. The number of aliphatic hydroxyl groups excluding tert-OH is 1. The number of carboxylic acids is 1. The zero-order chi connectivity index (χ0) is 8.69. The molecule has 0 saturated carbocycles. The van der Waals surface area contributed by atoms with E-state index < -0.39 is 5.97 Å². The smallest absolute Gasteiger partial charge is 0.306 e. The first kappa shape index (κ1) is 9.99. The first-order valence-corrected chi connectivity index (χ1v) is 3.48. The van der Waals surface area contributed by atoms with Crippen LogP contribution in [-0.4, -0.2) is 22.8 Å². The number of carboxylic acid groups (broad SMARTS) is 1. The van der Waals surface area contributed by atoms with Gasteiger partial charge in [-0.1, -0.05) is 12.8 Å². The van der Waals surface area contributed by atoms with Crippen LogP contribution in [0.3, 0.4) is 0 Å². The number of hydrogen-bond acceptors (Lipinski definition) is 2. The molecule has 0 aliphatic carbocycles. The topological polar surface area (TPSA) is 57.5 Å². The maximum absolute atomic E-state index is 10.3. The molecule has 0 aromatic carbocycles. The van der Waals surface area contributed by atoms with E-state index in [0.717, 1.165) is 0 Å². The molecular weight excluding hydrogens is 144 g/mol. The molecule has 0 rings (SSSR count). The first-order chi connectivity index (χ1) is 5.18. The molecule has 1 atom stereocenters. The molecule has 62 valence electrons. The summed E-state index contributed by atoms with van der Waals surface area (Å²) in [6.07, 6.45) is 1.08. The van der Waals surface area contributed by atoms with Crippen molar-refractivity contribution in [2.45, 2.75) is 19.8 Å². The zero-order valence-electron chi connectivity index (χ0n) is 6.50. The van der Waals surface area contributed by atoms with E-state index in [0.29, 0.717) is 12.8 Å². The number of rotatable bonds is 3. The molecule has 0 aliphatic heterocycles. The lowest BCUT2D eigenvalue weighted by molar-refractivity contribution is -0.141. The number of hydrogen-bond donors (Lipinski definition) is 2. The highest BCUT2D eigenvalue weighted by Crippen LogP contribution is 2.03. The standard InChI is InChI=1S/C8H12O3/c1-7(8(10)11)5-3-2-4-6-9/h7,9H,3,5-6H2,1H3,(H,10,11). The quantitative estimate of drug-likeness (QED) is 0.584. The molecular formula is C8H12O3. The van der Waals surface area contributed by atoms with Gasteiger partial charge in [-0.05, 0) is 6.42 Å². The molecule has 0 aliphatic rings. The first-order valence-electron chi connectivity index (χ1n) is 3.48. The summed E-state index contributed by atoms with van der Waals surface area (Å²) < 4.78 is 0. The molecule has 0 fully saturated rings. The Morgan fingerprint density at radius 2 is 2.18 bits per heavy atom. The van der Waals surface area contributed by atoms with Crippen LogP contribution in [0.25, 0.3) is 0 Å². The Kier molecular flexibility index (Phi) is 5.22. The Balaban J connectivity index is 3.46. The minimum atomic E-state index is -0.796. The van der Waals surface area contributed by atoms with E-state index in [1.165, 1.54) is 0 Å². The zero-order valence-corrected chi connectivity index (χ0v) is 6.50. The minimum Gasteiger partial charge on any atom is -0.481 e. The molecule has 1 unspecified atom stereocenters. The van der Waals surface area contributed by atoms with Crippen LogP contribution >= 0.6 is 0 Å². The van der Waals surface area contributed by atoms with Crippen LogP contribution in [-0.2, 0) is 4.79 Å². The van der Waals surface area contributed by atoms with E-state index in [9.17, 15) is 4.79 Å². The van der Waals surface area contributed by atoms with E-state index in [1.54, 1.807) is 6.92 Å². The summed E-state index contributed by atoms with van der Waals surface area (Å²) in [6, 6.07) is 0. The number of carbonyl (C=O) groups is 1. The predicted molar refractivity (Wildman–Crippen MR) is 40.9 cm³/mol. The Morgan fingerprint density at radius 3 is 2.64 bits per heavy atom. The van der Waals surface area contributed by atoms with Crippen molar-refractivity contribution in [1.29, 1.82) is 0 Å². The Labute approximate surface area is 66.0 Å². The average molecular weight is 156 g/mol. The fourth-order valence-electron chi connectivity index (χ4n) is 0.556. The predicted octanol–water partition coefficient (Wildman–Crippen LogP) is 0.483. The molecule has 0 heterocycles. The second-order valence-electron chi connectivity index (χ2n) is 2.29. The van der Waals surface area contributed by atoms with Gasteiger partial charge in [0.1, 0.15) is 6.61 Å². The van der Waals surface area contributed by atoms with Crippen molar-refractivity contribution in [3.8, 4) is 11.8 Å². The maximum atomic E-state index is 10.3. The molecule has 0 amide bonds. The van der Waals surface area contributed by atoms with Crippen molar-refractivity contribution < 1.29 is 15.0 Å². The molecule has 0 bridgehead atoms. The van der Waals surface area contributed by atoms with Gasteiger partial charge in [0, 0.05) is 6.42 Å². The lowest BCUT2D eigenvalue weighted by Crippen LogP contribution is -2.08. The van der Waals surface area contributed by atoms with Crippen molar-refractivity contribution in [2.24, 2.45) is 5.92 Å². The molecule has 3 heteroatoms. The normalized spacial score (nSPS) is 11.5. The summed E-state index contributed by atoms with van der Waals surface area (Å²) in [5, 5.41) is 16.7. The van der Waals surface area contributed by atoms with Crippen molar-refractivity contribution in [3.63, 3.8) is 0 Å². The van der Waals surface area contributed by atoms with Gasteiger partial charge in [0.15, 0.2) is 0 Å². The fraction of sp³-hybridized carbons (Fsp3) is 0.625.